The Morgan fingerprint density at radius 2 is 1.76 bits per heavy atom. The normalized spacial score (nSPS) is 27.3. The summed E-state index contributed by atoms with van der Waals surface area (Å²) in [6.07, 6.45) is 5.46. The third kappa shape index (κ3) is 2.85. The lowest BCUT2D eigenvalue weighted by atomic mass is 9.90. The molecule has 0 radical (unpaired) electrons. The summed E-state index contributed by atoms with van der Waals surface area (Å²) in [7, 11) is 0. The topological polar surface area (TPSA) is 78.3 Å². The van der Waals surface area contributed by atoms with Crippen LogP contribution in [0.5, 0.6) is 0 Å². The van der Waals surface area contributed by atoms with Crippen LogP contribution >= 0.6 is 0 Å². The van der Waals surface area contributed by atoms with Gasteiger partial charge in [0.05, 0.1) is 22.7 Å². The average molecular weight is 401 g/mol. The van der Waals surface area contributed by atoms with Gasteiger partial charge in [0.25, 0.3) is 5.56 Å². The molecule has 3 fully saturated rings. The molecule has 1 aliphatic heterocycles. The third-order valence-corrected chi connectivity index (χ3v) is 7.31. The van der Waals surface area contributed by atoms with E-state index < -0.39 is 11.2 Å². The van der Waals surface area contributed by atoms with E-state index in [1.54, 1.807) is 11.5 Å². The van der Waals surface area contributed by atoms with Gasteiger partial charge in [0.15, 0.2) is 5.82 Å². The number of H-pyrrole nitrogens is 1. The van der Waals surface area contributed by atoms with Crippen molar-refractivity contribution in [1.29, 1.82) is 0 Å². The van der Waals surface area contributed by atoms with Gasteiger partial charge in [-0.1, -0.05) is 12.8 Å². The van der Waals surface area contributed by atoms with Crippen molar-refractivity contribution in [2.24, 2.45) is 11.8 Å². The summed E-state index contributed by atoms with van der Waals surface area (Å²) in [5.74, 6) is 0.122. The fraction of sp³-hybridized carbons (Fsp3) is 0.636. The van der Waals surface area contributed by atoms with E-state index in [1.807, 2.05) is 11.8 Å². The number of hydrogen-bond donors (Lipinski definition) is 2. The molecule has 3 atom stereocenters. The largest absolute Gasteiger partial charge is 0.393 e. The summed E-state index contributed by atoms with van der Waals surface area (Å²) in [5.41, 5.74) is 1.09. The van der Waals surface area contributed by atoms with Crippen LogP contribution in [-0.4, -0.2) is 33.9 Å². The van der Waals surface area contributed by atoms with Crippen molar-refractivity contribution >= 4 is 16.6 Å². The number of rotatable bonds is 2. The lowest BCUT2D eigenvalue weighted by Gasteiger charge is -2.26. The van der Waals surface area contributed by atoms with Gasteiger partial charge in [0, 0.05) is 36.2 Å². The standard InChI is InChI=1S/C22H28FN3O3/c1-11-17-19(26(14-7-8-14)22(29)24-21(17)28)12(2)20(18(11)23)25-9-13-5-3-4-6-16(27)15(13)10-25/h13-16,27H,3-10H2,1-2H3,(H,24,28,29). The third-order valence-electron chi connectivity index (χ3n) is 7.31. The molecule has 0 bridgehead atoms. The van der Waals surface area contributed by atoms with E-state index in [1.165, 1.54) is 0 Å². The molecule has 29 heavy (non-hydrogen) atoms. The first-order valence-corrected chi connectivity index (χ1v) is 10.8. The second-order valence-electron chi connectivity index (χ2n) is 9.18. The SMILES string of the molecule is Cc1c(F)c(N2CC3CCCCC(O)C3C2)c(C)c2c1c(=O)[nH]c(=O)n2C1CC1. The maximum absolute atomic E-state index is 15.6. The number of fused-ring (bicyclic) bond motifs is 2. The molecule has 2 heterocycles. The van der Waals surface area contributed by atoms with Gasteiger partial charge in [-0.05, 0) is 45.4 Å². The highest BCUT2D eigenvalue weighted by Gasteiger charge is 2.40. The highest BCUT2D eigenvalue weighted by molar-refractivity contribution is 5.90. The van der Waals surface area contributed by atoms with Gasteiger partial charge in [0.1, 0.15) is 0 Å². The van der Waals surface area contributed by atoms with Gasteiger partial charge in [-0.15, -0.1) is 0 Å². The van der Waals surface area contributed by atoms with E-state index in [2.05, 4.69) is 4.98 Å². The summed E-state index contributed by atoms with van der Waals surface area (Å²) >= 11 is 0. The lowest BCUT2D eigenvalue weighted by molar-refractivity contribution is 0.0948. The smallest absolute Gasteiger partial charge is 0.329 e. The molecule has 156 valence electrons. The number of hydrogen-bond acceptors (Lipinski definition) is 4. The summed E-state index contributed by atoms with van der Waals surface area (Å²) in [6, 6.07) is 0.0738. The summed E-state index contributed by atoms with van der Waals surface area (Å²) in [6.45, 7) is 4.77. The Morgan fingerprint density at radius 3 is 2.48 bits per heavy atom. The highest BCUT2D eigenvalue weighted by atomic mass is 19.1. The van der Waals surface area contributed by atoms with Crippen molar-refractivity contribution < 1.29 is 9.50 Å². The molecule has 2 aromatic rings. The zero-order valence-electron chi connectivity index (χ0n) is 17.0. The molecule has 1 aromatic heterocycles. The minimum atomic E-state index is -0.519. The number of aromatic amines is 1. The van der Waals surface area contributed by atoms with Crippen LogP contribution in [0.1, 0.15) is 55.7 Å². The zero-order chi connectivity index (χ0) is 20.4. The number of aliphatic hydroxyl groups excluding tert-OH is 1. The Kier molecular flexibility index (Phi) is 4.35. The Labute approximate surface area is 168 Å². The molecule has 3 aliphatic rings. The van der Waals surface area contributed by atoms with E-state index in [0.29, 0.717) is 41.3 Å². The van der Waals surface area contributed by atoms with E-state index >= 15 is 4.39 Å². The molecule has 0 amide bonds. The summed E-state index contributed by atoms with van der Waals surface area (Å²) < 4.78 is 17.2. The van der Waals surface area contributed by atoms with Crippen LogP contribution < -0.4 is 16.1 Å². The van der Waals surface area contributed by atoms with Crippen molar-refractivity contribution in [3.8, 4) is 0 Å². The van der Waals surface area contributed by atoms with Crippen LogP contribution in [-0.2, 0) is 0 Å². The highest BCUT2D eigenvalue weighted by Crippen LogP contribution is 2.43. The molecule has 6 nitrogen and oxygen atoms in total. The van der Waals surface area contributed by atoms with E-state index in [0.717, 1.165) is 38.5 Å². The number of anilines is 1. The molecular weight excluding hydrogens is 373 g/mol. The predicted octanol–water partition coefficient (Wildman–Crippen LogP) is 2.77. The van der Waals surface area contributed by atoms with Gasteiger partial charge in [-0.2, -0.15) is 0 Å². The second-order valence-corrected chi connectivity index (χ2v) is 9.18. The number of aliphatic hydroxyl groups is 1. The molecule has 1 saturated heterocycles. The van der Waals surface area contributed by atoms with Crippen molar-refractivity contribution in [3.63, 3.8) is 0 Å². The fourth-order valence-corrected chi connectivity index (χ4v) is 5.68. The van der Waals surface area contributed by atoms with Crippen LogP contribution in [0.25, 0.3) is 10.9 Å². The first-order chi connectivity index (χ1) is 13.9. The Hall–Kier alpha value is -2.15. The Morgan fingerprint density at radius 1 is 1.03 bits per heavy atom. The molecule has 7 heteroatoms. The monoisotopic (exact) mass is 401 g/mol. The quantitative estimate of drug-likeness (QED) is 0.811. The maximum atomic E-state index is 15.6. The minimum Gasteiger partial charge on any atom is -0.393 e. The average Bonchev–Trinajstić information content (AvgIpc) is 3.44. The van der Waals surface area contributed by atoms with Crippen molar-refractivity contribution in [1.82, 2.24) is 9.55 Å². The van der Waals surface area contributed by atoms with Crippen molar-refractivity contribution in [3.05, 3.63) is 37.8 Å². The van der Waals surface area contributed by atoms with Crippen LogP contribution in [0, 0.1) is 31.5 Å². The maximum Gasteiger partial charge on any atom is 0.329 e. The number of nitrogens with zero attached hydrogens (tertiary/aromatic N) is 2. The van der Waals surface area contributed by atoms with Gasteiger partial charge >= 0.3 is 5.69 Å². The molecule has 3 unspecified atom stereocenters. The van der Waals surface area contributed by atoms with Crippen molar-refractivity contribution in [2.75, 3.05) is 18.0 Å². The fourth-order valence-electron chi connectivity index (χ4n) is 5.68. The molecule has 5 rings (SSSR count). The first kappa shape index (κ1) is 18.9. The van der Waals surface area contributed by atoms with Gasteiger partial charge in [-0.3, -0.25) is 14.3 Å². The Bertz CT molecular complexity index is 1100. The van der Waals surface area contributed by atoms with Gasteiger partial charge < -0.3 is 10.0 Å². The first-order valence-electron chi connectivity index (χ1n) is 10.8. The Balaban J connectivity index is 1.70. The molecule has 2 saturated carbocycles. The zero-order valence-corrected chi connectivity index (χ0v) is 17.0. The summed E-state index contributed by atoms with van der Waals surface area (Å²) in [4.78, 5) is 29.6. The predicted molar refractivity (Wildman–Crippen MR) is 110 cm³/mol. The number of aryl methyl sites for hydroxylation is 2. The van der Waals surface area contributed by atoms with E-state index in [-0.39, 0.29) is 29.3 Å². The minimum absolute atomic E-state index is 0.0738. The van der Waals surface area contributed by atoms with Crippen LogP contribution in [0.2, 0.25) is 0 Å². The van der Waals surface area contributed by atoms with Crippen LogP contribution in [0.15, 0.2) is 9.59 Å². The number of halogens is 1. The molecule has 2 N–H and O–H groups in total. The van der Waals surface area contributed by atoms with Gasteiger partial charge in [-0.25, -0.2) is 9.18 Å². The lowest BCUT2D eigenvalue weighted by Crippen LogP contribution is -2.32. The van der Waals surface area contributed by atoms with Crippen molar-refractivity contribution in [2.45, 2.75) is 64.5 Å². The van der Waals surface area contributed by atoms with E-state index in [4.69, 9.17) is 0 Å². The molecule has 1 aromatic carbocycles. The van der Waals surface area contributed by atoms with Crippen LogP contribution in [0.3, 0.4) is 0 Å². The van der Waals surface area contributed by atoms with E-state index in [9.17, 15) is 14.7 Å². The second kappa shape index (κ2) is 6.69. The molecule has 2 aliphatic carbocycles. The number of aromatic nitrogens is 2. The number of nitrogens with one attached hydrogen (secondary N) is 1. The van der Waals surface area contributed by atoms with Gasteiger partial charge in [0.2, 0.25) is 0 Å². The number of benzene rings is 1. The molecular formula is C22H28FN3O3. The summed E-state index contributed by atoms with van der Waals surface area (Å²) in [5, 5.41) is 10.9. The van der Waals surface area contributed by atoms with Crippen LogP contribution in [0.4, 0.5) is 10.1 Å². The molecule has 0 spiro atoms.